The van der Waals surface area contributed by atoms with E-state index in [2.05, 4.69) is 12.1 Å². The molecule has 18 heavy (non-hydrogen) atoms. The van der Waals surface area contributed by atoms with Crippen molar-refractivity contribution in [3.8, 4) is 0 Å². The number of carboxylic acid groups (broad SMARTS) is 1. The second kappa shape index (κ2) is 5.55. The van der Waals surface area contributed by atoms with E-state index in [9.17, 15) is 9.90 Å². The van der Waals surface area contributed by atoms with Gasteiger partial charge in [0.05, 0.1) is 0 Å². The van der Waals surface area contributed by atoms with Crippen molar-refractivity contribution in [2.45, 2.75) is 58.3 Å². The molecule has 1 heterocycles. The van der Waals surface area contributed by atoms with Crippen molar-refractivity contribution in [1.29, 1.82) is 0 Å². The van der Waals surface area contributed by atoms with Crippen LogP contribution >= 0.6 is 0 Å². The van der Waals surface area contributed by atoms with E-state index < -0.39 is 5.97 Å². The lowest BCUT2D eigenvalue weighted by Crippen LogP contribution is -2.15. The zero-order valence-electron chi connectivity index (χ0n) is 11.1. The lowest BCUT2D eigenvalue weighted by Gasteiger charge is -2.25. The average molecular weight is 251 g/mol. The van der Waals surface area contributed by atoms with Gasteiger partial charge in [0.2, 0.25) is 0 Å². The van der Waals surface area contributed by atoms with Gasteiger partial charge < -0.3 is 9.63 Å². The Kier molecular flexibility index (Phi) is 4.04. The minimum atomic E-state index is -0.895. The van der Waals surface area contributed by atoms with Crippen LogP contribution in [0.25, 0.3) is 0 Å². The smallest absolute Gasteiger partial charge is 0.341 e. The lowest BCUT2D eigenvalue weighted by atomic mass is 9.79. The Balaban J connectivity index is 2.29. The molecule has 0 saturated heterocycles. The predicted molar refractivity (Wildman–Crippen MR) is 67.8 cm³/mol. The molecule has 2 atom stereocenters. The van der Waals surface area contributed by atoms with Crippen molar-refractivity contribution in [3.63, 3.8) is 0 Å². The van der Waals surface area contributed by atoms with E-state index in [1.165, 1.54) is 6.42 Å². The van der Waals surface area contributed by atoms with Crippen LogP contribution in [-0.2, 0) is 6.42 Å². The van der Waals surface area contributed by atoms with Gasteiger partial charge in [-0.2, -0.15) is 0 Å². The fourth-order valence-corrected chi connectivity index (χ4v) is 2.93. The van der Waals surface area contributed by atoms with Crippen LogP contribution in [0.3, 0.4) is 0 Å². The van der Waals surface area contributed by atoms with Crippen molar-refractivity contribution in [2.75, 3.05) is 0 Å². The molecule has 1 N–H and O–H groups in total. The number of hydrogen-bond donors (Lipinski definition) is 1. The molecule has 4 heteroatoms. The summed E-state index contributed by atoms with van der Waals surface area (Å²) in [7, 11) is 0. The van der Waals surface area contributed by atoms with E-state index in [0.717, 1.165) is 25.7 Å². The Morgan fingerprint density at radius 2 is 2.28 bits per heavy atom. The Hall–Kier alpha value is -1.32. The normalized spacial score (nSPS) is 24.1. The van der Waals surface area contributed by atoms with Crippen molar-refractivity contribution >= 4 is 5.97 Å². The molecule has 2 rings (SSSR count). The molecule has 2 unspecified atom stereocenters. The molecule has 1 aromatic rings. The third kappa shape index (κ3) is 2.57. The largest absolute Gasteiger partial charge is 0.477 e. The van der Waals surface area contributed by atoms with Crippen LogP contribution in [0, 0.1) is 5.92 Å². The van der Waals surface area contributed by atoms with Crippen molar-refractivity contribution in [3.05, 3.63) is 17.0 Å². The van der Waals surface area contributed by atoms with E-state index >= 15 is 0 Å². The summed E-state index contributed by atoms with van der Waals surface area (Å²) in [5, 5.41) is 13.4. The SMILES string of the molecule is CCCc1onc(C2CCCC(C)C2)c1C(=O)O. The molecule has 0 radical (unpaired) electrons. The van der Waals surface area contributed by atoms with Crippen LogP contribution in [0.5, 0.6) is 0 Å². The van der Waals surface area contributed by atoms with Crippen LogP contribution in [0.2, 0.25) is 0 Å². The Labute approximate surface area is 107 Å². The summed E-state index contributed by atoms with van der Waals surface area (Å²) in [6, 6.07) is 0. The maximum absolute atomic E-state index is 11.4. The zero-order valence-corrected chi connectivity index (χ0v) is 11.1. The van der Waals surface area contributed by atoms with Gasteiger partial charge in [0.15, 0.2) is 5.76 Å². The minimum absolute atomic E-state index is 0.259. The van der Waals surface area contributed by atoms with E-state index in [0.29, 0.717) is 29.4 Å². The minimum Gasteiger partial charge on any atom is -0.477 e. The lowest BCUT2D eigenvalue weighted by molar-refractivity contribution is 0.0692. The van der Waals surface area contributed by atoms with E-state index in [1.54, 1.807) is 0 Å². The topological polar surface area (TPSA) is 63.3 Å². The van der Waals surface area contributed by atoms with Crippen LogP contribution in [0.1, 0.15) is 73.7 Å². The molecule has 0 bridgehead atoms. The average Bonchev–Trinajstić information content (AvgIpc) is 2.73. The highest BCUT2D eigenvalue weighted by atomic mass is 16.5. The number of aromatic nitrogens is 1. The fourth-order valence-electron chi connectivity index (χ4n) is 2.93. The van der Waals surface area contributed by atoms with Gasteiger partial charge >= 0.3 is 5.97 Å². The van der Waals surface area contributed by atoms with E-state index in [4.69, 9.17) is 4.52 Å². The zero-order chi connectivity index (χ0) is 13.1. The summed E-state index contributed by atoms with van der Waals surface area (Å²) in [6.45, 7) is 4.23. The van der Waals surface area contributed by atoms with Crippen molar-refractivity contribution in [2.24, 2.45) is 5.92 Å². The van der Waals surface area contributed by atoms with Crippen molar-refractivity contribution in [1.82, 2.24) is 5.16 Å². The fraction of sp³-hybridized carbons (Fsp3) is 0.714. The number of nitrogens with zero attached hydrogens (tertiary/aromatic N) is 1. The molecular weight excluding hydrogens is 230 g/mol. The molecule has 1 aliphatic rings. The molecule has 100 valence electrons. The van der Waals surface area contributed by atoms with Crippen LogP contribution in [0.4, 0.5) is 0 Å². The van der Waals surface area contributed by atoms with Gasteiger partial charge in [0.1, 0.15) is 11.3 Å². The van der Waals surface area contributed by atoms with Gasteiger partial charge in [-0.3, -0.25) is 0 Å². The third-order valence-electron chi connectivity index (χ3n) is 3.80. The summed E-state index contributed by atoms with van der Waals surface area (Å²) in [5.74, 6) is 0.553. The molecule has 0 aliphatic heterocycles. The molecule has 4 nitrogen and oxygen atoms in total. The van der Waals surface area contributed by atoms with Gasteiger partial charge in [-0.15, -0.1) is 0 Å². The predicted octanol–water partition coefficient (Wildman–Crippen LogP) is 3.62. The number of aryl methyl sites for hydroxylation is 1. The first kappa shape index (κ1) is 13.1. The number of aromatic carboxylic acids is 1. The first-order valence-electron chi connectivity index (χ1n) is 6.85. The number of carbonyl (C=O) groups is 1. The Morgan fingerprint density at radius 3 is 2.89 bits per heavy atom. The van der Waals surface area contributed by atoms with Gasteiger partial charge in [-0.25, -0.2) is 4.79 Å². The summed E-state index contributed by atoms with van der Waals surface area (Å²) in [4.78, 5) is 11.4. The van der Waals surface area contributed by atoms with Crippen LogP contribution in [-0.4, -0.2) is 16.2 Å². The number of rotatable bonds is 4. The second-order valence-electron chi connectivity index (χ2n) is 5.39. The van der Waals surface area contributed by atoms with Crippen LogP contribution < -0.4 is 0 Å². The maximum Gasteiger partial charge on any atom is 0.341 e. The number of hydrogen-bond acceptors (Lipinski definition) is 3. The first-order chi connectivity index (χ1) is 8.63. The third-order valence-corrected chi connectivity index (χ3v) is 3.80. The highest BCUT2D eigenvalue weighted by Crippen LogP contribution is 2.37. The molecule has 0 amide bonds. The maximum atomic E-state index is 11.4. The molecule has 1 aromatic heterocycles. The first-order valence-corrected chi connectivity index (χ1v) is 6.85. The standard InChI is InChI=1S/C14H21NO3/c1-3-5-11-12(14(16)17)13(15-18-11)10-7-4-6-9(2)8-10/h9-10H,3-8H2,1-2H3,(H,16,17). The summed E-state index contributed by atoms with van der Waals surface area (Å²) in [5.41, 5.74) is 1.01. The summed E-state index contributed by atoms with van der Waals surface area (Å²) < 4.78 is 5.26. The number of carboxylic acids is 1. The Morgan fingerprint density at radius 1 is 1.50 bits per heavy atom. The quantitative estimate of drug-likeness (QED) is 0.887. The van der Waals surface area contributed by atoms with Crippen LogP contribution in [0.15, 0.2) is 4.52 Å². The van der Waals surface area contributed by atoms with Crippen molar-refractivity contribution < 1.29 is 14.4 Å². The molecule has 1 saturated carbocycles. The van der Waals surface area contributed by atoms with E-state index in [-0.39, 0.29) is 5.92 Å². The summed E-state index contributed by atoms with van der Waals surface area (Å²) >= 11 is 0. The molecule has 0 spiro atoms. The molecular formula is C14H21NO3. The van der Waals surface area contributed by atoms with E-state index in [1.807, 2.05) is 6.92 Å². The van der Waals surface area contributed by atoms with Gasteiger partial charge in [0.25, 0.3) is 0 Å². The van der Waals surface area contributed by atoms with Gasteiger partial charge in [0, 0.05) is 12.3 Å². The summed E-state index contributed by atoms with van der Waals surface area (Å²) in [6.07, 6.45) is 5.97. The monoisotopic (exact) mass is 251 g/mol. The molecule has 1 aliphatic carbocycles. The second-order valence-corrected chi connectivity index (χ2v) is 5.39. The molecule has 0 aromatic carbocycles. The molecule has 1 fully saturated rings. The highest BCUT2D eigenvalue weighted by Gasteiger charge is 2.30. The van der Waals surface area contributed by atoms with Gasteiger partial charge in [-0.05, 0) is 25.2 Å². The van der Waals surface area contributed by atoms with Gasteiger partial charge in [-0.1, -0.05) is 31.8 Å². The highest BCUT2D eigenvalue weighted by molar-refractivity contribution is 5.90. The Bertz CT molecular complexity index is 425.